The number of imidazole rings is 1. The summed E-state index contributed by atoms with van der Waals surface area (Å²) < 4.78 is 25.5. The first-order valence-corrected chi connectivity index (χ1v) is 15.3. The van der Waals surface area contributed by atoms with E-state index >= 15 is 0 Å². The number of esters is 3. The fourth-order valence-corrected chi connectivity index (χ4v) is 5.49. The lowest BCUT2D eigenvalue weighted by molar-refractivity contribution is -0.0606. The van der Waals surface area contributed by atoms with Gasteiger partial charge in [0.25, 0.3) is 0 Å². The first-order valence-electron chi connectivity index (χ1n) is 13.8. The normalized spacial score (nSPS) is 19.0. The van der Waals surface area contributed by atoms with Gasteiger partial charge in [-0.1, -0.05) is 47.0 Å². The Kier molecular flexibility index (Phi) is 9.43. The van der Waals surface area contributed by atoms with Crippen LogP contribution in [0, 0.1) is 4.64 Å². The fraction of sp³-hybridized carbons (Fsp3) is 0.161. The maximum atomic E-state index is 13.5. The molecule has 1 saturated heterocycles. The third kappa shape index (κ3) is 7.09. The molecule has 12 nitrogen and oxygen atoms in total. The Hall–Kier alpha value is -4.53. The summed E-state index contributed by atoms with van der Waals surface area (Å²) in [6.45, 7) is -0.405. The van der Waals surface area contributed by atoms with Gasteiger partial charge < -0.3 is 29.7 Å². The van der Waals surface area contributed by atoms with E-state index < -0.39 is 49.1 Å². The monoisotopic (exact) mass is 713 g/mol. The van der Waals surface area contributed by atoms with Gasteiger partial charge in [-0.2, -0.15) is 0 Å². The number of nitrogens with one attached hydrogen (secondary N) is 1. The number of benzene rings is 3. The molecule has 16 heteroatoms. The molecule has 47 heavy (non-hydrogen) atoms. The van der Waals surface area contributed by atoms with Crippen LogP contribution in [0.1, 0.15) is 37.3 Å². The second kappa shape index (κ2) is 13.7. The van der Waals surface area contributed by atoms with Crippen molar-refractivity contribution in [3.63, 3.8) is 0 Å². The van der Waals surface area contributed by atoms with Crippen LogP contribution in [-0.4, -0.2) is 62.3 Å². The van der Waals surface area contributed by atoms with Gasteiger partial charge in [-0.05, 0) is 72.8 Å². The first kappa shape index (κ1) is 32.4. The van der Waals surface area contributed by atoms with E-state index in [4.69, 9.17) is 71.7 Å². The molecule has 1 aliphatic heterocycles. The van der Waals surface area contributed by atoms with Crippen LogP contribution in [0.5, 0.6) is 0 Å². The van der Waals surface area contributed by atoms with Crippen LogP contribution in [0.4, 0.5) is 5.95 Å². The number of ether oxygens (including phenoxy) is 4. The van der Waals surface area contributed by atoms with Crippen LogP contribution in [-0.2, 0) is 18.9 Å². The lowest BCUT2D eigenvalue weighted by Gasteiger charge is -2.25. The van der Waals surface area contributed by atoms with Crippen LogP contribution in [0.2, 0.25) is 15.1 Å². The number of H-pyrrole nitrogens is 1. The molecule has 2 aromatic heterocycles. The van der Waals surface area contributed by atoms with Gasteiger partial charge in [-0.25, -0.2) is 24.4 Å². The lowest BCUT2D eigenvalue weighted by Crippen LogP contribution is -2.41. The molecule has 1 aliphatic rings. The molecular formula is C31H22Cl3N5O7S. The Morgan fingerprint density at radius 1 is 0.809 bits per heavy atom. The second-order valence-corrected chi connectivity index (χ2v) is 11.9. The van der Waals surface area contributed by atoms with Crippen LogP contribution in [0.3, 0.4) is 0 Å². The number of halogens is 3. The molecular weight excluding hydrogens is 693 g/mol. The number of rotatable bonds is 8. The molecule has 6 rings (SSSR count). The molecule has 3 heterocycles. The Bertz CT molecular complexity index is 2020. The summed E-state index contributed by atoms with van der Waals surface area (Å²) in [5, 5.41) is 1.25. The van der Waals surface area contributed by atoms with E-state index in [1.165, 1.54) is 83.7 Å². The summed E-state index contributed by atoms with van der Waals surface area (Å²) in [7, 11) is 0. The summed E-state index contributed by atoms with van der Waals surface area (Å²) in [4.78, 5) is 51.1. The number of aromatic amines is 1. The molecule has 0 bridgehead atoms. The number of carbonyl (C=O) groups excluding carboxylic acids is 3. The van der Waals surface area contributed by atoms with Crippen molar-refractivity contribution in [2.45, 2.75) is 24.5 Å². The third-order valence-corrected chi connectivity index (χ3v) is 8.17. The van der Waals surface area contributed by atoms with Crippen LogP contribution in [0.25, 0.3) is 11.2 Å². The summed E-state index contributed by atoms with van der Waals surface area (Å²) >= 11 is 23.3. The van der Waals surface area contributed by atoms with Gasteiger partial charge in [0.15, 0.2) is 29.0 Å². The molecule has 1 fully saturated rings. The molecule has 0 spiro atoms. The van der Waals surface area contributed by atoms with Crippen molar-refractivity contribution in [3.8, 4) is 0 Å². The van der Waals surface area contributed by atoms with Gasteiger partial charge >= 0.3 is 17.9 Å². The minimum absolute atomic E-state index is 0.00360. The van der Waals surface area contributed by atoms with Gasteiger partial charge in [-0.3, -0.25) is 4.57 Å². The zero-order chi connectivity index (χ0) is 33.2. The van der Waals surface area contributed by atoms with Crippen molar-refractivity contribution in [2.24, 2.45) is 0 Å². The van der Waals surface area contributed by atoms with Crippen molar-refractivity contribution in [1.82, 2.24) is 19.5 Å². The zero-order valence-electron chi connectivity index (χ0n) is 23.8. The van der Waals surface area contributed by atoms with Crippen molar-refractivity contribution < 1.29 is 33.3 Å². The summed E-state index contributed by atoms with van der Waals surface area (Å²) in [5.74, 6) is -2.25. The number of nitrogens with two attached hydrogens (primary N) is 1. The first-order chi connectivity index (χ1) is 22.6. The van der Waals surface area contributed by atoms with Crippen LogP contribution < -0.4 is 5.73 Å². The predicted molar refractivity (Wildman–Crippen MR) is 174 cm³/mol. The van der Waals surface area contributed by atoms with Crippen molar-refractivity contribution in [2.75, 3.05) is 12.3 Å². The van der Waals surface area contributed by atoms with E-state index in [-0.39, 0.29) is 32.8 Å². The van der Waals surface area contributed by atoms with E-state index in [2.05, 4.69) is 15.0 Å². The standard InChI is InChI=1S/C31H22Cl3N5O7S/c32-18-7-1-15(2-8-18)28(40)43-13-21-23(45-29(41)16-3-9-19(33)10-4-16)24(46-30(42)17-5-11-20(34)12-6-17)27(44-21)39-14-36-22-25(39)37-31(35)38-26(22)47/h1-12,14,21,23-24,27H,13H2,(H3,35,37,38,47)/t21-,23+,24+,27-/m1/s1. The van der Waals surface area contributed by atoms with Crippen molar-refractivity contribution in [3.05, 3.63) is 116 Å². The van der Waals surface area contributed by atoms with E-state index in [9.17, 15) is 14.4 Å². The largest absolute Gasteiger partial charge is 0.459 e. The predicted octanol–water partition coefficient (Wildman–Crippen LogP) is 6.24. The number of hydrogen-bond donors (Lipinski definition) is 2. The summed E-state index contributed by atoms with van der Waals surface area (Å²) in [6.07, 6.45) is -3.58. The molecule has 3 aromatic carbocycles. The van der Waals surface area contributed by atoms with Gasteiger partial charge in [0, 0.05) is 15.1 Å². The number of hydrogen-bond acceptors (Lipinski definition) is 11. The van der Waals surface area contributed by atoms with Crippen LogP contribution >= 0.6 is 47.0 Å². The van der Waals surface area contributed by atoms with E-state index in [1.807, 2.05) is 0 Å². The molecule has 0 unspecified atom stereocenters. The number of aromatic nitrogens is 4. The summed E-state index contributed by atoms with van der Waals surface area (Å²) in [5.41, 5.74) is 7.07. The number of carbonyl (C=O) groups is 3. The molecule has 5 aromatic rings. The smallest absolute Gasteiger partial charge is 0.338 e. The maximum Gasteiger partial charge on any atom is 0.338 e. The molecule has 0 saturated carbocycles. The highest BCUT2D eigenvalue weighted by Gasteiger charge is 2.51. The lowest BCUT2D eigenvalue weighted by atomic mass is 10.1. The van der Waals surface area contributed by atoms with Crippen LogP contribution in [0.15, 0.2) is 79.1 Å². The van der Waals surface area contributed by atoms with E-state index in [0.29, 0.717) is 20.7 Å². The number of fused-ring (bicyclic) bond motifs is 1. The van der Waals surface area contributed by atoms with E-state index in [1.54, 1.807) is 0 Å². The van der Waals surface area contributed by atoms with E-state index in [0.717, 1.165) is 0 Å². The average molecular weight is 715 g/mol. The SMILES string of the molecule is Nc1nc(=S)c2ncn([C@@H]3O[C@H](COC(=O)c4ccc(Cl)cc4)[C@H](OC(=O)c4ccc(Cl)cc4)[C@@H]3OC(=O)c3ccc(Cl)cc3)c2[nH]1. The maximum absolute atomic E-state index is 13.5. The molecule has 0 amide bonds. The summed E-state index contributed by atoms with van der Waals surface area (Å²) in [6, 6.07) is 18.1. The minimum Gasteiger partial charge on any atom is -0.459 e. The minimum atomic E-state index is -1.32. The third-order valence-electron chi connectivity index (χ3n) is 7.13. The Morgan fingerprint density at radius 2 is 1.30 bits per heavy atom. The fourth-order valence-electron chi connectivity index (χ4n) is 4.86. The topological polar surface area (TPSA) is 161 Å². The van der Waals surface area contributed by atoms with Gasteiger partial charge in [0.1, 0.15) is 23.9 Å². The number of nitrogen functional groups attached to an aromatic ring is 1. The van der Waals surface area contributed by atoms with Gasteiger partial charge in [0.05, 0.1) is 23.0 Å². The van der Waals surface area contributed by atoms with Gasteiger partial charge in [0.2, 0.25) is 0 Å². The highest BCUT2D eigenvalue weighted by Crippen LogP contribution is 2.37. The Balaban J connectivity index is 1.39. The molecule has 3 N–H and O–H groups in total. The Labute approximate surface area is 286 Å². The van der Waals surface area contributed by atoms with Crippen molar-refractivity contribution >= 4 is 82.0 Å². The zero-order valence-corrected chi connectivity index (χ0v) is 26.9. The molecule has 0 radical (unpaired) electrons. The molecule has 0 aliphatic carbocycles. The Morgan fingerprint density at radius 3 is 1.83 bits per heavy atom. The highest BCUT2D eigenvalue weighted by molar-refractivity contribution is 7.71. The quantitative estimate of drug-likeness (QED) is 0.106. The molecule has 240 valence electrons. The number of nitrogens with zero attached hydrogens (tertiary/aromatic N) is 3. The highest BCUT2D eigenvalue weighted by atomic mass is 35.5. The molecule has 4 atom stereocenters. The van der Waals surface area contributed by atoms with Gasteiger partial charge in [-0.15, -0.1) is 0 Å². The second-order valence-electron chi connectivity index (χ2n) is 10.2. The average Bonchev–Trinajstić information content (AvgIpc) is 3.61. The number of anilines is 1. The van der Waals surface area contributed by atoms with Crippen molar-refractivity contribution in [1.29, 1.82) is 0 Å².